The Balaban J connectivity index is 1.61. The van der Waals surface area contributed by atoms with E-state index in [1.54, 1.807) is 17.9 Å². The average molecular weight is 444 g/mol. The number of anilines is 1. The van der Waals surface area contributed by atoms with Gasteiger partial charge < -0.3 is 10.2 Å². The molecule has 0 radical (unpaired) electrons. The Kier molecular flexibility index (Phi) is 6.45. The fourth-order valence-corrected chi connectivity index (χ4v) is 4.19. The summed E-state index contributed by atoms with van der Waals surface area (Å²) in [7, 11) is 0. The van der Waals surface area contributed by atoms with E-state index in [0.717, 1.165) is 28.4 Å². The molecule has 33 heavy (non-hydrogen) atoms. The Morgan fingerprint density at radius 1 is 0.970 bits per heavy atom. The molecule has 6 heteroatoms. The summed E-state index contributed by atoms with van der Waals surface area (Å²) in [5.41, 5.74) is 2.26. The molecule has 0 spiro atoms. The summed E-state index contributed by atoms with van der Waals surface area (Å²) in [6, 6.07) is 20.2. The van der Waals surface area contributed by atoms with Crippen LogP contribution in [0.15, 0.2) is 66.7 Å². The highest BCUT2D eigenvalue weighted by atomic mass is 16.2. The maximum absolute atomic E-state index is 13.6. The van der Waals surface area contributed by atoms with Crippen LogP contribution in [-0.4, -0.2) is 41.2 Å². The van der Waals surface area contributed by atoms with Gasteiger partial charge in [0, 0.05) is 23.5 Å². The Morgan fingerprint density at radius 3 is 2.36 bits per heavy atom. The van der Waals surface area contributed by atoms with Crippen LogP contribution in [0.2, 0.25) is 0 Å². The second-order valence-electron chi connectivity index (χ2n) is 8.57. The molecule has 3 aromatic carbocycles. The molecule has 1 aliphatic heterocycles. The van der Waals surface area contributed by atoms with Crippen LogP contribution in [0, 0.1) is 0 Å². The van der Waals surface area contributed by atoms with Crippen LogP contribution in [0.5, 0.6) is 0 Å². The molecule has 0 aliphatic carbocycles. The highest BCUT2D eigenvalue weighted by molar-refractivity contribution is 6.26. The molecular formula is C27H29N3O3. The Bertz CT molecular complexity index is 1190. The van der Waals surface area contributed by atoms with Crippen molar-refractivity contribution in [2.24, 2.45) is 0 Å². The van der Waals surface area contributed by atoms with Gasteiger partial charge in [-0.2, -0.15) is 0 Å². The van der Waals surface area contributed by atoms with Crippen molar-refractivity contribution in [3.05, 3.63) is 77.9 Å². The Labute approximate surface area is 194 Å². The first kappa shape index (κ1) is 22.5. The van der Waals surface area contributed by atoms with Crippen LogP contribution < -0.4 is 10.2 Å². The summed E-state index contributed by atoms with van der Waals surface area (Å²) in [6.45, 7) is 5.84. The molecule has 0 saturated heterocycles. The second kappa shape index (κ2) is 9.45. The minimum absolute atomic E-state index is 0.0147. The summed E-state index contributed by atoms with van der Waals surface area (Å²) >= 11 is 0. The van der Waals surface area contributed by atoms with Gasteiger partial charge in [-0.1, -0.05) is 61.5 Å². The molecule has 0 aromatic heterocycles. The first-order chi connectivity index (χ1) is 15.9. The molecule has 0 bridgehead atoms. The van der Waals surface area contributed by atoms with Gasteiger partial charge in [-0.05, 0) is 43.4 Å². The number of carbonyl (C=O) groups excluding carboxylic acids is 3. The van der Waals surface area contributed by atoms with E-state index < -0.39 is 6.04 Å². The molecule has 170 valence electrons. The van der Waals surface area contributed by atoms with E-state index in [1.165, 1.54) is 4.90 Å². The predicted molar refractivity (Wildman–Crippen MR) is 130 cm³/mol. The first-order valence-electron chi connectivity index (χ1n) is 11.4. The molecule has 1 aliphatic rings. The number of carbonyl (C=O) groups is 3. The molecule has 1 N–H and O–H groups in total. The number of nitrogens with zero attached hydrogens (tertiary/aromatic N) is 2. The first-order valence-corrected chi connectivity index (χ1v) is 11.4. The lowest BCUT2D eigenvalue weighted by Gasteiger charge is -2.31. The van der Waals surface area contributed by atoms with Gasteiger partial charge in [0.2, 0.25) is 11.8 Å². The van der Waals surface area contributed by atoms with Gasteiger partial charge >= 0.3 is 0 Å². The fourth-order valence-electron chi connectivity index (χ4n) is 4.19. The fraction of sp³-hybridized carbons (Fsp3) is 0.296. The normalized spacial score (nSPS) is 14.3. The quantitative estimate of drug-likeness (QED) is 0.569. The predicted octanol–water partition coefficient (Wildman–Crippen LogP) is 4.13. The zero-order valence-electron chi connectivity index (χ0n) is 19.2. The molecule has 0 saturated carbocycles. The van der Waals surface area contributed by atoms with Gasteiger partial charge in [0.1, 0.15) is 12.6 Å². The summed E-state index contributed by atoms with van der Waals surface area (Å²) in [5.74, 6) is -0.665. The number of rotatable bonds is 8. The molecule has 2 atom stereocenters. The standard InChI is InChI=1S/C27H29N3O3/c1-4-18(2)28-26(32)19(3)29(16-20-10-6-5-7-11-20)24(31)17-30-23-15-9-13-21-12-8-14-22(25(21)23)27(30)33/h5-15,18-19H,4,16-17H2,1-3H3,(H,28,32). The van der Waals surface area contributed by atoms with Crippen molar-refractivity contribution < 1.29 is 14.4 Å². The van der Waals surface area contributed by atoms with Crippen molar-refractivity contribution in [1.29, 1.82) is 0 Å². The lowest BCUT2D eigenvalue weighted by molar-refractivity contribution is -0.139. The molecule has 3 amide bonds. The van der Waals surface area contributed by atoms with Gasteiger partial charge in [0.05, 0.1) is 5.69 Å². The summed E-state index contributed by atoms with van der Waals surface area (Å²) < 4.78 is 0. The minimum atomic E-state index is -0.678. The van der Waals surface area contributed by atoms with Gasteiger partial charge in [-0.15, -0.1) is 0 Å². The third-order valence-corrected chi connectivity index (χ3v) is 6.31. The molecule has 6 nitrogen and oxygen atoms in total. The summed E-state index contributed by atoms with van der Waals surface area (Å²) in [6.07, 6.45) is 0.801. The summed E-state index contributed by atoms with van der Waals surface area (Å²) in [5, 5.41) is 4.81. The van der Waals surface area contributed by atoms with Crippen LogP contribution in [-0.2, 0) is 16.1 Å². The number of hydrogen-bond donors (Lipinski definition) is 1. The summed E-state index contributed by atoms with van der Waals surface area (Å²) in [4.78, 5) is 42.7. The van der Waals surface area contributed by atoms with E-state index in [0.29, 0.717) is 5.56 Å². The smallest absolute Gasteiger partial charge is 0.259 e. The highest BCUT2D eigenvalue weighted by Gasteiger charge is 2.34. The molecule has 3 aromatic rings. The van der Waals surface area contributed by atoms with Crippen molar-refractivity contribution in [2.75, 3.05) is 11.4 Å². The zero-order valence-corrected chi connectivity index (χ0v) is 19.2. The van der Waals surface area contributed by atoms with E-state index in [2.05, 4.69) is 5.32 Å². The van der Waals surface area contributed by atoms with E-state index >= 15 is 0 Å². The van der Waals surface area contributed by atoms with E-state index in [1.807, 2.05) is 74.5 Å². The van der Waals surface area contributed by atoms with E-state index in [4.69, 9.17) is 0 Å². The van der Waals surface area contributed by atoms with Crippen molar-refractivity contribution in [3.8, 4) is 0 Å². The number of hydrogen-bond acceptors (Lipinski definition) is 3. The monoisotopic (exact) mass is 443 g/mol. The van der Waals surface area contributed by atoms with Gasteiger partial charge in [-0.3, -0.25) is 19.3 Å². The molecule has 1 heterocycles. The zero-order chi connectivity index (χ0) is 23.5. The lowest BCUT2D eigenvalue weighted by atomic mass is 10.1. The lowest BCUT2D eigenvalue weighted by Crippen LogP contribution is -2.52. The topological polar surface area (TPSA) is 69.7 Å². The maximum Gasteiger partial charge on any atom is 0.259 e. The minimum Gasteiger partial charge on any atom is -0.352 e. The number of nitrogens with one attached hydrogen (secondary N) is 1. The molecule has 0 fully saturated rings. The third kappa shape index (κ3) is 4.46. The van der Waals surface area contributed by atoms with Crippen LogP contribution in [0.25, 0.3) is 10.8 Å². The van der Waals surface area contributed by atoms with Gasteiger partial charge in [0.25, 0.3) is 5.91 Å². The van der Waals surface area contributed by atoms with E-state index in [9.17, 15) is 14.4 Å². The molecule has 2 unspecified atom stereocenters. The second-order valence-corrected chi connectivity index (χ2v) is 8.57. The highest BCUT2D eigenvalue weighted by Crippen LogP contribution is 2.37. The van der Waals surface area contributed by atoms with Crippen molar-refractivity contribution in [3.63, 3.8) is 0 Å². The van der Waals surface area contributed by atoms with E-state index in [-0.39, 0.29) is 36.9 Å². The van der Waals surface area contributed by atoms with Crippen molar-refractivity contribution >= 4 is 34.2 Å². The number of benzene rings is 3. The van der Waals surface area contributed by atoms with Gasteiger partial charge in [0.15, 0.2) is 0 Å². The molecule has 4 rings (SSSR count). The maximum atomic E-state index is 13.6. The van der Waals surface area contributed by atoms with Crippen LogP contribution in [0.1, 0.15) is 43.1 Å². The van der Waals surface area contributed by atoms with Crippen LogP contribution >= 0.6 is 0 Å². The number of amides is 3. The van der Waals surface area contributed by atoms with Crippen molar-refractivity contribution in [2.45, 2.75) is 45.8 Å². The third-order valence-electron chi connectivity index (χ3n) is 6.31. The van der Waals surface area contributed by atoms with Crippen molar-refractivity contribution in [1.82, 2.24) is 10.2 Å². The van der Waals surface area contributed by atoms with Crippen LogP contribution in [0.4, 0.5) is 5.69 Å². The van der Waals surface area contributed by atoms with Gasteiger partial charge in [-0.25, -0.2) is 0 Å². The van der Waals surface area contributed by atoms with Crippen LogP contribution in [0.3, 0.4) is 0 Å². The Hall–Kier alpha value is -3.67. The average Bonchev–Trinajstić information content (AvgIpc) is 3.10. The SMILES string of the molecule is CCC(C)NC(=O)C(C)N(Cc1ccccc1)C(=O)CN1C(=O)c2cccc3cccc1c23. The Morgan fingerprint density at radius 2 is 1.67 bits per heavy atom. The molecular weight excluding hydrogens is 414 g/mol. The largest absolute Gasteiger partial charge is 0.352 e.